The Bertz CT molecular complexity index is 979. The van der Waals surface area contributed by atoms with Crippen molar-refractivity contribution in [3.05, 3.63) is 59.2 Å². The zero-order valence-electron chi connectivity index (χ0n) is 18.5. The average Bonchev–Trinajstić information content (AvgIpc) is 3.21. The van der Waals surface area contributed by atoms with E-state index in [9.17, 15) is 19.8 Å². The van der Waals surface area contributed by atoms with E-state index < -0.39 is 31.2 Å². The SMILES string of the molecule is CON=C1C[C@@H](C(=O)NC(CO)CO)N(C(=O)c2ccc(-c3c(C)cccc3C)cc2)C1. The van der Waals surface area contributed by atoms with Gasteiger partial charge in [-0.3, -0.25) is 9.59 Å². The largest absolute Gasteiger partial charge is 0.399 e. The van der Waals surface area contributed by atoms with E-state index in [4.69, 9.17) is 4.84 Å². The molecule has 32 heavy (non-hydrogen) atoms. The van der Waals surface area contributed by atoms with Crippen LogP contribution >= 0.6 is 0 Å². The minimum atomic E-state index is -0.810. The monoisotopic (exact) mass is 439 g/mol. The summed E-state index contributed by atoms with van der Waals surface area (Å²) in [5.74, 6) is -0.760. The molecule has 0 spiro atoms. The minimum Gasteiger partial charge on any atom is -0.399 e. The molecule has 0 aliphatic carbocycles. The molecular formula is C24H29N3O5. The number of aryl methyl sites for hydroxylation is 2. The van der Waals surface area contributed by atoms with Gasteiger partial charge < -0.3 is 25.3 Å². The van der Waals surface area contributed by atoms with Gasteiger partial charge in [-0.05, 0) is 48.2 Å². The highest BCUT2D eigenvalue weighted by molar-refractivity contribution is 6.05. The Morgan fingerprint density at radius 3 is 2.31 bits per heavy atom. The first-order valence-electron chi connectivity index (χ1n) is 10.5. The van der Waals surface area contributed by atoms with Gasteiger partial charge >= 0.3 is 0 Å². The zero-order valence-corrected chi connectivity index (χ0v) is 18.5. The van der Waals surface area contributed by atoms with Crippen LogP contribution in [0, 0.1) is 13.8 Å². The van der Waals surface area contributed by atoms with Crippen LogP contribution in [0.4, 0.5) is 0 Å². The lowest BCUT2D eigenvalue weighted by Crippen LogP contribution is -2.50. The topological polar surface area (TPSA) is 111 Å². The van der Waals surface area contributed by atoms with E-state index >= 15 is 0 Å². The fourth-order valence-corrected chi connectivity index (χ4v) is 4.01. The first-order valence-corrected chi connectivity index (χ1v) is 10.5. The lowest BCUT2D eigenvalue weighted by atomic mass is 9.95. The highest BCUT2D eigenvalue weighted by Gasteiger charge is 2.39. The molecule has 1 atom stereocenters. The molecule has 1 fully saturated rings. The average molecular weight is 440 g/mol. The molecule has 1 saturated heterocycles. The smallest absolute Gasteiger partial charge is 0.254 e. The molecule has 0 saturated carbocycles. The number of aliphatic hydroxyl groups excluding tert-OH is 2. The second kappa shape index (κ2) is 10.4. The van der Waals surface area contributed by atoms with Crippen LogP contribution in [-0.4, -0.2) is 71.6 Å². The molecule has 8 nitrogen and oxygen atoms in total. The maximum atomic E-state index is 13.3. The highest BCUT2D eigenvalue weighted by atomic mass is 16.6. The van der Waals surface area contributed by atoms with Crippen LogP contribution < -0.4 is 5.32 Å². The Hall–Kier alpha value is -3.23. The molecular weight excluding hydrogens is 410 g/mol. The van der Waals surface area contributed by atoms with Crippen molar-refractivity contribution in [2.75, 3.05) is 26.9 Å². The molecule has 1 aliphatic heterocycles. The van der Waals surface area contributed by atoms with Gasteiger partial charge in [-0.15, -0.1) is 0 Å². The number of benzene rings is 2. The number of rotatable bonds is 7. The molecule has 0 aromatic heterocycles. The van der Waals surface area contributed by atoms with Crippen LogP contribution in [0.3, 0.4) is 0 Å². The van der Waals surface area contributed by atoms with Crippen LogP contribution in [0.25, 0.3) is 11.1 Å². The molecule has 0 unspecified atom stereocenters. The summed E-state index contributed by atoms with van der Waals surface area (Å²) in [4.78, 5) is 32.3. The van der Waals surface area contributed by atoms with E-state index in [1.54, 1.807) is 12.1 Å². The molecule has 0 radical (unpaired) electrons. The summed E-state index contributed by atoms with van der Waals surface area (Å²) in [7, 11) is 1.41. The van der Waals surface area contributed by atoms with Crippen molar-refractivity contribution in [2.24, 2.45) is 5.16 Å². The van der Waals surface area contributed by atoms with Gasteiger partial charge in [0.25, 0.3) is 5.91 Å². The molecule has 2 aromatic carbocycles. The number of hydrogen-bond donors (Lipinski definition) is 3. The van der Waals surface area contributed by atoms with Crippen LogP contribution in [0.1, 0.15) is 27.9 Å². The zero-order chi connectivity index (χ0) is 23.3. The standard InChI is InChI=1S/C24H29N3O5/c1-15-5-4-6-16(2)22(15)17-7-9-18(10-8-17)24(31)27-12-19(26-32-3)11-21(27)23(30)25-20(13-28)14-29/h4-10,20-21,28-29H,11-14H2,1-3H3,(H,25,30)/t21-/m0/s1. The van der Waals surface area contributed by atoms with Crippen LogP contribution in [0.5, 0.6) is 0 Å². The third kappa shape index (κ3) is 4.98. The fraction of sp³-hybridized carbons (Fsp3) is 0.375. The Morgan fingerprint density at radius 1 is 1.12 bits per heavy atom. The molecule has 3 rings (SSSR count). The van der Waals surface area contributed by atoms with E-state index in [1.807, 2.05) is 18.2 Å². The Kier molecular flexibility index (Phi) is 7.61. The van der Waals surface area contributed by atoms with Crippen molar-refractivity contribution < 1.29 is 24.6 Å². The molecule has 170 valence electrons. The van der Waals surface area contributed by atoms with E-state index in [0.29, 0.717) is 11.3 Å². The van der Waals surface area contributed by atoms with Crippen LogP contribution in [0.15, 0.2) is 47.6 Å². The quantitative estimate of drug-likeness (QED) is 0.568. The van der Waals surface area contributed by atoms with Crippen molar-refractivity contribution in [3.63, 3.8) is 0 Å². The first-order chi connectivity index (χ1) is 15.4. The van der Waals surface area contributed by atoms with Gasteiger partial charge in [-0.2, -0.15) is 0 Å². The molecule has 2 aromatic rings. The fourth-order valence-electron chi connectivity index (χ4n) is 4.01. The number of likely N-dealkylation sites (tertiary alicyclic amines) is 1. The number of hydrogen-bond acceptors (Lipinski definition) is 6. The Balaban J connectivity index is 1.85. The van der Waals surface area contributed by atoms with Gasteiger partial charge in [0, 0.05) is 12.0 Å². The number of carbonyl (C=O) groups excluding carboxylic acids is 2. The molecule has 0 bridgehead atoms. The summed E-state index contributed by atoms with van der Waals surface area (Å²) in [5, 5.41) is 25.0. The van der Waals surface area contributed by atoms with Gasteiger partial charge in [0.15, 0.2) is 0 Å². The normalized spacial score (nSPS) is 17.1. The van der Waals surface area contributed by atoms with Gasteiger partial charge in [0.2, 0.25) is 5.91 Å². The third-order valence-corrected chi connectivity index (χ3v) is 5.63. The van der Waals surface area contributed by atoms with Gasteiger partial charge in [-0.1, -0.05) is 35.5 Å². The van der Waals surface area contributed by atoms with Crippen molar-refractivity contribution in [1.82, 2.24) is 10.2 Å². The van der Waals surface area contributed by atoms with Crippen molar-refractivity contribution >= 4 is 17.5 Å². The molecule has 3 N–H and O–H groups in total. The summed E-state index contributed by atoms with van der Waals surface area (Å²) in [6.45, 7) is 3.46. The van der Waals surface area contributed by atoms with Crippen molar-refractivity contribution in [3.8, 4) is 11.1 Å². The number of oxime groups is 1. The number of nitrogens with zero attached hydrogens (tertiary/aromatic N) is 2. The van der Waals surface area contributed by atoms with E-state index in [-0.39, 0.29) is 18.9 Å². The molecule has 8 heteroatoms. The third-order valence-electron chi connectivity index (χ3n) is 5.63. The Labute approximate surface area is 187 Å². The van der Waals surface area contributed by atoms with Crippen molar-refractivity contribution in [2.45, 2.75) is 32.4 Å². The second-order valence-electron chi connectivity index (χ2n) is 7.91. The van der Waals surface area contributed by atoms with E-state index in [1.165, 1.54) is 12.0 Å². The second-order valence-corrected chi connectivity index (χ2v) is 7.91. The van der Waals surface area contributed by atoms with Gasteiger partial charge in [-0.25, -0.2) is 0 Å². The summed E-state index contributed by atoms with van der Waals surface area (Å²) in [6, 6.07) is 11.9. The summed E-state index contributed by atoms with van der Waals surface area (Å²) in [5.41, 5.74) is 5.49. The van der Waals surface area contributed by atoms with Crippen LogP contribution in [-0.2, 0) is 9.63 Å². The predicted octanol–water partition coefficient (Wildman–Crippen LogP) is 1.66. The Morgan fingerprint density at radius 2 is 1.75 bits per heavy atom. The van der Waals surface area contributed by atoms with E-state index in [2.05, 4.69) is 36.5 Å². The highest BCUT2D eigenvalue weighted by Crippen LogP contribution is 2.28. The van der Waals surface area contributed by atoms with Gasteiger partial charge in [0.1, 0.15) is 13.2 Å². The maximum Gasteiger partial charge on any atom is 0.254 e. The summed E-state index contributed by atoms with van der Waals surface area (Å²) in [6.07, 6.45) is 0.218. The lowest BCUT2D eigenvalue weighted by molar-refractivity contribution is -0.126. The molecule has 2 amide bonds. The lowest BCUT2D eigenvalue weighted by Gasteiger charge is -2.25. The number of nitrogens with one attached hydrogen (secondary N) is 1. The van der Waals surface area contributed by atoms with E-state index in [0.717, 1.165) is 22.3 Å². The maximum absolute atomic E-state index is 13.3. The van der Waals surface area contributed by atoms with Crippen molar-refractivity contribution in [1.29, 1.82) is 0 Å². The summed E-state index contributed by atoms with van der Waals surface area (Å²) < 4.78 is 0. The predicted molar refractivity (Wildman–Crippen MR) is 121 cm³/mol. The number of aliphatic hydroxyl groups is 2. The minimum absolute atomic E-state index is 0.159. The molecule has 1 aliphatic rings. The van der Waals surface area contributed by atoms with Crippen LogP contribution in [0.2, 0.25) is 0 Å². The first kappa shape index (κ1) is 23.4. The summed E-state index contributed by atoms with van der Waals surface area (Å²) >= 11 is 0. The van der Waals surface area contributed by atoms with Gasteiger partial charge in [0.05, 0.1) is 31.5 Å². The number of amides is 2. The number of carbonyl (C=O) groups is 2. The molecule has 1 heterocycles.